The molecular weight excluding hydrogens is 224 g/mol. The van der Waals surface area contributed by atoms with Crippen LogP contribution in [0.2, 0.25) is 0 Å². The van der Waals surface area contributed by atoms with Crippen LogP contribution in [0.3, 0.4) is 0 Å². The van der Waals surface area contributed by atoms with Gasteiger partial charge >= 0.3 is 0 Å². The summed E-state index contributed by atoms with van der Waals surface area (Å²) in [5.74, 6) is 0.218. The Morgan fingerprint density at radius 2 is 2.39 bits per heavy atom. The Hall–Kier alpha value is -1.22. The molecule has 0 aliphatic heterocycles. The van der Waals surface area contributed by atoms with Crippen molar-refractivity contribution in [2.45, 2.75) is 45.4 Å². The molecule has 0 fully saturated rings. The van der Waals surface area contributed by atoms with E-state index in [0.717, 1.165) is 31.4 Å². The topological polar surface area (TPSA) is 56.0 Å². The van der Waals surface area contributed by atoms with Crippen molar-refractivity contribution >= 4 is 5.78 Å². The lowest BCUT2D eigenvalue weighted by atomic mass is 9.72. The second-order valence-corrected chi connectivity index (χ2v) is 5.48. The second kappa shape index (κ2) is 5.19. The van der Waals surface area contributed by atoms with Gasteiger partial charge in [-0.2, -0.15) is 0 Å². The van der Waals surface area contributed by atoms with Crippen molar-refractivity contribution in [2.75, 3.05) is 6.54 Å². The van der Waals surface area contributed by atoms with Gasteiger partial charge in [0.2, 0.25) is 0 Å². The summed E-state index contributed by atoms with van der Waals surface area (Å²) in [4.78, 5) is 17.2. The maximum Gasteiger partial charge on any atom is 0.149 e. The summed E-state index contributed by atoms with van der Waals surface area (Å²) in [7, 11) is 0. The Kier molecular flexibility index (Phi) is 3.81. The van der Waals surface area contributed by atoms with Gasteiger partial charge < -0.3 is 5.73 Å². The van der Waals surface area contributed by atoms with Crippen molar-refractivity contribution in [3.05, 3.63) is 29.6 Å². The number of fused-ring (bicyclic) bond motifs is 1. The summed E-state index contributed by atoms with van der Waals surface area (Å²) in [6.45, 7) is 4.43. The molecule has 3 nitrogen and oxygen atoms in total. The van der Waals surface area contributed by atoms with Crippen LogP contribution in [0.4, 0.5) is 0 Å². The molecule has 0 bridgehead atoms. The summed E-state index contributed by atoms with van der Waals surface area (Å²) >= 11 is 0. The highest BCUT2D eigenvalue weighted by molar-refractivity contribution is 5.91. The zero-order valence-corrected chi connectivity index (χ0v) is 11.3. The number of pyridine rings is 1. The van der Waals surface area contributed by atoms with Gasteiger partial charge in [0.1, 0.15) is 5.78 Å². The molecule has 1 aromatic rings. The average molecular weight is 246 g/mol. The maximum atomic E-state index is 12.7. The molecule has 0 radical (unpaired) electrons. The molecule has 3 heteroatoms. The summed E-state index contributed by atoms with van der Waals surface area (Å²) in [5.41, 5.74) is 7.62. The highest BCUT2D eigenvalue weighted by Gasteiger charge is 2.38. The van der Waals surface area contributed by atoms with E-state index in [0.29, 0.717) is 6.54 Å². The molecule has 98 valence electrons. The molecule has 1 aliphatic carbocycles. The fraction of sp³-hybridized carbons (Fsp3) is 0.600. The fourth-order valence-electron chi connectivity index (χ4n) is 2.70. The third kappa shape index (κ3) is 2.19. The van der Waals surface area contributed by atoms with Crippen molar-refractivity contribution in [3.63, 3.8) is 0 Å². The number of nitrogens with two attached hydrogens (primary N) is 1. The Morgan fingerprint density at radius 1 is 1.61 bits per heavy atom. The monoisotopic (exact) mass is 246 g/mol. The van der Waals surface area contributed by atoms with E-state index in [1.165, 1.54) is 5.56 Å². The van der Waals surface area contributed by atoms with E-state index >= 15 is 0 Å². The van der Waals surface area contributed by atoms with E-state index in [4.69, 9.17) is 5.73 Å². The van der Waals surface area contributed by atoms with E-state index in [9.17, 15) is 4.79 Å². The van der Waals surface area contributed by atoms with Crippen LogP contribution in [0.25, 0.3) is 0 Å². The molecule has 18 heavy (non-hydrogen) atoms. The highest BCUT2D eigenvalue weighted by Crippen LogP contribution is 2.36. The minimum Gasteiger partial charge on any atom is -0.329 e. The normalized spacial score (nSPS) is 22.1. The number of aryl methyl sites for hydroxylation is 1. The Labute approximate surface area is 109 Å². The van der Waals surface area contributed by atoms with E-state index in [1.807, 2.05) is 19.9 Å². The van der Waals surface area contributed by atoms with Crippen LogP contribution in [-0.4, -0.2) is 17.3 Å². The molecule has 2 rings (SSSR count). The first-order valence-corrected chi connectivity index (χ1v) is 6.80. The molecule has 1 aliphatic rings. The zero-order chi connectivity index (χ0) is 13.2. The largest absolute Gasteiger partial charge is 0.329 e. The number of carbonyl (C=O) groups excluding carboxylic acids is 1. The van der Waals surface area contributed by atoms with Gasteiger partial charge in [0.15, 0.2) is 0 Å². The predicted molar refractivity (Wildman–Crippen MR) is 72.4 cm³/mol. The van der Waals surface area contributed by atoms with Crippen molar-refractivity contribution in [1.29, 1.82) is 0 Å². The quantitative estimate of drug-likeness (QED) is 0.887. The van der Waals surface area contributed by atoms with E-state index in [1.54, 1.807) is 6.20 Å². The second-order valence-electron chi connectivity index (χ2n) is 5.48. The van der Waals surface area contributed by atoms with Gasteiger partial charge in [0, 0.05) is 18.2 Å². The van der Waals surface area contributed by atoms with Gasteiger partial charge in [-0.25, -0.2) is 0 Å². The first-order valence-electron chi connectivity index (χ1n) is 6.80. The lowest BCUT2D eigenvalue weighted by Gasteiger charge is -2.32. The van der Waals surface area contributed by atoms with E-state index in [-0.39, 0.29) is 11.7 Å². The lowest BCUT2D eigenvalue weighted by Crippen LogP contribution is -2.39. The van der Waals surface area contributed by atoms with Gasteiger partial charge in [-0.3, -0.25) is 9.78 Å². The van der Waals surface area contributed by atoms with Crippen molar-refractivity contribution in [2.24, 2.45) is 11.1 Å². The number of hydrogen-bond donors (Lipinski definition) is 1. The molecule has 0 spiro atoms. The first kappa shape index (κ1) is 13.2. The Morgan fingerprint density at radius 3 is 3.06 bits per heavy atom. The fourth-order valence-corrected chi connectivity index (χ4v) is 2.70. The number of nitrogens with zero attached hydrogens (tertiary/aromatic N) is 1. The SMILES string of the molecule is CCC(C)(CN)C(=O)C1CCCc2cccnc21. The third-order valence-electron chi connectivity index (χ3n) is 4.34. The molecule has 0 aromatic carbocycles. The summed E-state index contributed by atoms with van der Waals surface area (Å²) < 4.78 is 0. The Bertz CT molecular complexity index is 438. The molecule has 1 heterocycles. The molecule has 0 saturated carbocycles. The van der Waals surface area contributed by atoms with Crippen LogP contribution < -0.4 is 5.73 Å². The molecular formula is C15H22N2O. The summed E-state index contributed by atoms with van der Waals surface area (Å²) in [6.07, 6.45) is 5.60. The van der Waals surface area contributed by atoms with Gasteiger partial charge in [-0.15, -0.1) is 0 Å². The summed E-state index contributed by atoms with van der Waals surface area (Å²) in [5, 5.41) is 0. The van der Waals surface area contributed by atoms with E-state index in [2.05, 4.69) is 11.1 Å². The molecule has 2 atom stereocenters. The van der Waals surface area contributed by atoms with Gasteiger partial charge in [0.05, 0.1) is 11.6 Å². The first-order chi connectivity index (χ1) is 8.62. The van der Waals surface area contributed by atoms with Gasteiger partial charge in [-0.05, 0) is 37.3 Å². The number of rotatable bonds is 4. The lowest BCUT2D eigenvalue weighted by molar-refractivity contribution is -0.129. The van der Waals surface area contributed by atoms with Crippen molar-refractivity contribution in [3.8, 4) is 0 Å². The number of carbonyl (C=O) groups is 1. The highest BCUT2D eigenvalue weighted by atomic mass is 16.1. The molecule has 2 unspecified atom stereocenters. The summed E-state index contributed by atoms with van der Waals surface area (Å²) in [6, 6.07) is 4.04. The minimum absolute atomic E-state index is 0.0524. The molecule has 0 saturated heterocycles. The van der Waals surface area contributed by atoms with Crippen molar-refractivity contribution < 1.29 is 4.79 Å². The number of hydrogen-bond acceptors (Lipinski definition) is 3. The standard InChI is InChI=1S/C15H22N2O/c1-3-15(2,10-16)14(18)12-8-4-6-11-7-5-9-17-13(11)12/h5,7,9,12H,3-4,6,8,10,16H2,1-2H3. The van der Waals surface area contributed by atoms with Gasteiger partial charge in [0.25, 0.3) is 0 Å². The zero-order valence-electron chi connectivity index (χ0n) is 11.3. The van der Waals surface area contributed by atoms with Crippen LogP contribution in [0, 0.1) is 5.41 Å². The van der Waals surface area contributed by atoms with Crippen LogP contribution in [0.1, 0.15) is 50.3 Å². The van der Waals surface area contributed by atoms with Crippen LogP contribution in [0.15, 0.2) is 18.3 Å². The number of Topliss-reactive ketones (excluding diaryl/α,β-unsaturated/α-hetero) is 1. The average Bonchev–Trinajstić information content (AvgIpc) is 2.45. The van der Waals surface area contributed by atoms with Gasteiger partial charge in [-0.1, -0.05) is 19.9 Å². The van der Waals surface area contributed by atoms with E-state index < -0.39 is 5.41 Å². The van der Waals surface area contributed by atoms with Crippen molar-refractivity contribution in [1.82, 2.24) is 4.98 Å². The molecule has 0 amide bonds. The van der Waals surface area contributed by atoms with Crippen LogP contribution in [0.5, 0.6) is 0 Å². The predicted octanol–water partition coefficient (Wildman–Crippen LogP) is 2.45. The smallest absolute Gasteiger partial charge is 0.149 e. The minimum atomic E-state index is -0.406. The maximum absolute atomic E-state index is 12.7. The third-order valence-corrected chi connectivity index (χ3v) is 4.34. The van der Waals surface area contributed by atoms with Crippen LogP contribution in [-0.2, 0) is 11.2 Å². The number of ketones is 1. The molecule has 2 N–H and O–H groups in total. The molecule has 1 aromatic heterocycles. The number of aromatic nitrogens is 1. The Balaban J connectivity index is 2.33. The van der Waals surface area contributed by atoms with Crippen LogP contribution >= 0.6 is 0 Å².